The Morgan fingerprint density at radius 2 is 2.11 bits per heavy atom. The number of benzene rings is 1. The number of para-hydroxylation sites is 1. The summed E-state index contributed by atoms with van der Waals surface area (Å²) in [6.45, 7) is 6.57. The summed E-state index contributed by atoms with van der Waals surface area (Å²) in [4.78, 5) is 0. The van der Waals surface area contributed by atoms with Crippen LogP contribution in [0.5, 0.6) is 5.75 Å². The van der Waals surface area contributed by atoms with Crippen molar-refractivity contribution in [3.63, 3.8) is 0 Å². The van der Waals surface area contributed by atoms with Gasteiger partial charge in [-0.3, -0.25) is 0 Å². The van der Waals surface area contributed by atoms with Crippen LogP contribution in [0.25, 0.3) is 0 Å². The molecule has 1 aromatic carbocycles. The molecule has 0 aromatic heterocycles. The minimum absolute atomic E-state index is 0.0826. The summed E-state index contributed by atoms with van der Waals surface area (Å²) >= 11 is 0. The fraction of sp³-hybridized carbons (Fsp3) is 0.533. The fourth-order valence-electron chi connectivity index (χ4n) is 1.64. The van der Waals surface area contributed by atoms with Crippen LogP contribution in [0, 0.1) is 11.3 Å². The van der Waals surface area contributed by atoms with Gasteiger partial charge in [0, 0.05) is 18.7 Å². The van der Waals surface area contributed by atoms with Gasteiger partial charge in [0.25, 0.3) is 0 Å². The van der Waals surface area contributed by atoms with Gasteiger partial charge >= 0.3 is 0 Å². The van der Waals surface area contributed by atoms with Crippen LogP contribution in [0.15, 0.2) is 24.3 Å². The van der Waals surface area contributed by atoms with E-state index in [4.69, 9.17) is 14.7 Å². The quantitative estimate of drug-likeness (QED) is 0.695. The van der Waals surface area contributed by atoms with Gasteiger partial charge in [-0.25, -0.2) is 0 Å². The zero-order chi connectivity index (χ0) is 13.9. The van der Waals surface area contributed by atoms with Crippen molar-refractivity contribution in [1.82, 2.24) is 5.32 Å². The van der Waals surface area contributed by atoms with Crippen LogP contribution in [0.2, 0.25) is 0 Å². The second kappa shape index (κ2) is 9.37. The molecule has 0 saturated carbocycles. The van der Waals surface area contributed by atoms with Crippen LogP contribution in [0.3, 0.4) is 0 Å². The molecule has 0 aliphatic carbocycles. The molecule has 0 radical (unpaired) electrons. The summed E-state index contributed by atoms with van der Waals surface area (Å²) in [5.74, 6) is 0.773. The number of hydrogen-bond acceptors (Lipinski definition) is 4. The molecule has 0 bridgehead atoms. The first kappa shape index (κ1) is 15.5. The molecule has 1 aromatic rings. The zero-order valence-corrected chi connectivity index (χ0v) is 11.7. The van der Waals surface area contributed by atoms with E-state index in [2.05, 4.69) is 5.32 Å². The Labute approximate surface area is 115 Å². The maximum atomic E-state index is 8.53. The lowest BCUT2D eigenvalue weighted by Crippen LogP contribution is -2.18. The third-order valence-electron chi connectivity index (χ3n) is 2.53. The molecule has 19 heavy (non-hydrogen) atoms. The Morgan fingerprint density at radius 3 is 2.84 bits per heavy atom. The van der Waals surface area contributed by atoms with Crippen molar-refractivity contribution in [2.24, 2.45) is 0 Å². The Kier molecular flexibility index (Phi) is 7.64. The molecule has 4 nitrogen and oxygen atoms in total. The number of nitriles is 1. The van der Waals surface area contributed by atoms with Gasteiger partial charge < -0.3 is 14.8 Å². The van der Waals surface area contributed by atoms with E-state index in [-0.39, 0.29) is 6.61 Å². The third-order valence-corrected chi connectivity index (χ3v) is 2.53. The standard InChI is InChI=1S/C15H22N2O2/c1-13(2)18-10-5-9-17-12-14-6-3-4-7-15(14)19-11-8-16/h3-4,6-7,13,17H,5,9-12H2,1-2H3. The summed E-state index contributed by atoms with van der Waals surface area (Å²) < 4.78 is 10.8. The molecule has 104 valence electrons. The summed E-state index contributed by atoms with van der Waals surface area (Å²) in [5, 5.41) is 11.9. The predicted molar refractivity (Wildman–Crippen MR) is 75.0 cm³/mol. The molecule has 0 heterocycles. The zero-order valence-electron chi connectivity index (χ0n) is 11.7. The molecular weight excluding hydrogens is 240 g/mol. The molecular formula is C15H22N2O2. The molecule has 0 fully saturated rings. The highest BCUT2D eigenvalue weighted by Crippen LogP contribution is 2.17. The van der Waals surface area contributed by atoms with Crippen LogP contribution in [-0.4, -0.2) is 25.9 Å². The second-order valence-electron chi connectivity index (χ2n) is 4.50. The van der Waals surface area contributed by atoms with Crippen LogP contribution >= 0.6 is 0 Å². The normalized spacial score (nSPS) is 10.4. The average molecular weight is 262 g/mol. The number of nitrogens with zero attached hydrogens (tertiary/aromatic N) is 1. The van der Waals surface area contributed by atoms with Crippen LogP contribution in [0.4, 0.5) is 0 Å². The summed E-state index contributed by atoms with van der Waals surface area (Å²) in [6, 6.07) is 9.75. The Morgan fingerprint density at radius 1 is 1.32 bits per heavy atom. The molecule has 0 unspecified atom stereocenters. The Bertz CT molecular complexity index is 399. The number of ether oxygens (including phenoxy) is 2. The molecule has 1 rings (SSSR count). The lowest BCUT2D eigenvalue weighted by atomic mass is 10.2. The molecule has 0 amide bonds. The number of nitrogens with one attached hydrogen (secondary N) is 1. The van der Waals surface area contributed by atoms with Crippen LogP contribution in [-0.2, 0) is 11.3 Å². The minimum Gasteiger partial charge on any atom is -0.478 e. The first-order valence-electron chi connectivity index (χ1n) is 6.64. The molecule has 4 heteroatoms. The van der Waals surface area contributed by atoms with Crippen LogP contribution in [0.1, 0.15) is 25.8 Å². The average Bonchev–Trinajstić information content (AvgIpc) is 2.41. The third kappa shape index (κ3) is 6.80. The number of rotatable bonds is 9. The van der Waals surface area contributed by atoms with Crippen molar-refractivity contribution < 1.29 is 9.47 Å². The lowest BCUT2D eigenvalue weighted by Gasteiger charge is -2.11. The highest BCUT2D eigenvalue weighted by atomic mass is 16.5. The lowest BCUT2D eigenvalue weighted by molar-refractivity contribution is 0.0770. The molecule has 0 aliphatic heterocycles. The van der Waals surface area contributed by atoms with Crippen molar-refractivity contribution in [2.75, 3.05) is 19.8 Å². The Balaban J connectivity index is 2.27. The van der Waals surface area contributed by atoms with E-state index >= 15 is 0 Å². The van der Waals surface area contributed by atoms with Crippen molar-refractivity contribution in [2.45, 2.75) is 32.9 Å². The van der Waals surface area contributed by atoms with E-state index < -0.39 is 0 Å². The molecule has 0 atom stereocenters. The van der Waals surface area contributed by atoms with E-state index in [0.717, 1.165) is 37.4 Å². The van der Waals surface area contributed by atoms with Gasteiger partial charge in [-0.05, 0) is 32.9 Å². The fourth-order valence-corrected chi connectivity index (χ4v) is 1.64. The van der Waals surface area contributed by atoms with Crippen molar-refractivity contribution in [3.05, 3.63) is 29.8 Å². The molecule has 0 saturated heterocycles. The Hall–Kier alpha value is -1.57. The first-order chi connectivity index (χ1) is 9.24. The minimum atomic E-state index is 0.0826. The van der Waals surface area contributed by atoms with E-state index in [1.807, 2.05) is 44.2 Å². The number of hydrogen-bond donors (Lipinski definition) is 1. The van der Waals surface area contributed by atoms with Crippen molar-refractivity contribution in [1.29, 1.82) is 5.26 Å². The highest BCUT2D eigenvalue weighted by Gasteiger charge is 2.02. The largest absolute Gasteiger partial charge is 0.478 e. The predicted octanol–water partition coefficient (Wildman–Crippen LogP) is 2.49. The topological polar surface area (TPSA) is 54.3 Å². The van der Waals surface area contributed by atoms with E-state index in [0.29, 0.717) is 6.10 Å². The van der Waals surface area contributed by atoms with E-state index in [1.54, 1.807) is 0 Å². The van der Waals surface area contributed by atoms with Gasteiger partial charge in [0.1, 0.15) is 11.8 Å². The van der Waals surface area contributed by atoms with Crippen molar-refractivity contribution in [3.8, 4) is 11.8 Å². The van der Waals surface area contributed by atoms with Gasteiger partial charge in [-0.15, -0.1) is 0 Å². The van der Waals surface area contributed by atoms with Gasteiger partial charge in [-0.1, -0.05) is 18.2 Å². The van der Waals surface area contributed by atoms with Gasteiger partial charge in [0.05, 0.1) is 6.10 Å². The first-order valence-corrected chi connectivity index (χ1v) is 6.64. The molecule has 0 spiro atoms. The van der Waals surface area contributed by atoms with E-state index in [9.17, 15) is 0 Å². The summed E-state index contributed by atoms with van der Waals surface area (Å²) in [5.41, 5.74) is 1.07. The van der Waals surface area contributed by atoms with Gasteiger partial charge in [0.2, 0.25) is 0 Å². The maximum absolute atomic E-state index is 8.53. The molecule has 1 N–H and O–H groups in total. The van der Waals surface area contributed by atoms with E-state index in [1.165, 1.54) is 0 Å². The summed E-state index contributed by atoms with van der Waals surface area (Å²) in [7, 11) is 0. The molecule has 0 aliphatic rings. The smallest absolute Gasteiger partial charge is 0.174 e. The van der Waals surface area contributed by atoms with Gasteiger partial charge in [0.15, 0.2) is 6.61 Å². The van der Waals surface area contributed by atoms with Gasteiger partial charge in [-0.2, -0.15) is 5.26 Å². The highest BCUT2D eigenvalue weighted by molar-refractivity contribution is 5.33. The maximum Gasteiger partial charge on any atom is 0.174 e. The SMILES string of the molecule is CC(C)OCCCNCc1ccccc1OCC#N. The summed E-state index contributed by atoms with van der Waals surface area (Å²) in [6.07, 6.45) is 1.28. The van der Waals surface area contributed by atoms with Crippen molar-refractivity contribution >= 4 is 0 Å². The monoisotopic (exact) mass is 262 g/mol. The van der Waals surface area contributed by atoms with Crippen LogP contribution < -0.4 is 10.1 Å². The second-order valence-corrected chi connectivity index (χ2v) is 4.50.